The smallest absolute Gasteiger partial charge is 0.217 e. The topological polar surface area (TPSA) is 72.2 Å². The summed E-state index contributed by atoms with van der Waals surface area (Å²) in [6, 6.07) is 1.62. The van der Waals surface area contributed by atoms with Crippen molar-refractivity contribution >= 4 is 10.0 Å². The molecule has 1 fully saturated rings. The summed E-state index contributed by atoms with van der Waals surface area (Å²) in [7, 11) is -3.33. The Bertz CT molecular complexity index is 470. The van der Waals surface area contributed by atoms with Crippen molar-refractivity contribution < 1.29 is 12.9 Å². The number of sulfonamides is 1. The Kier molecular flexibility index (Phi) is 4.07. The van der Waals surface area contributed by atoms with Crippen LogP contribution in [-0.2, 0) is 15.8 Å². The lowest BCUT2D eigenvalue weighted by Crippen LogP contribution is -2.44. The second kappa shape index (κ2) is 5.40. The van der Waals surface area contributed by atoms with Gasteiger partial charge in [0.25, 0.3) is 0 Å². The van der Waals surface area contributed by atoms with Crippen LogP contribution in [0.25, 0.3) is 0 Å². The van der Waals surface area contributed by atoms with Gasteiger partial charge < -0.3 is 4.52 Å². The number of nitrogens with one attached hydrogen (secondary N) is 1. The third kappa shape index (κ3) is 3.32. The second-order valence-corrected chi connectivity index (χ2v) is 7.00. The van der Waals surface area contributed by atoms with Gasteiger partial charge in [-0.1, -0.05) is 31.8 Å². The first-order chi connectivity index (χ1) is 8.48. The summed E-state index contributed by atoms with van der Waals surface area (Å²) in [5, 5.41) is 3.63. The number of nitrogens with zero attached hydrogens (tertiary/aromatic N) is 1. The predicted octanol–water partition coefficient (Wildman–Crippen LogP) is 1.92. The van der Waals surface area contributed by atoms with E-state index in [0.29, 0.717) is 17.5 Å². The van der Waals surface area contributed by atoms with Gasteiger partial charge in [-0.2, -0.15) is 0 Å². The minimum atomic E-state index is -3.33. The van der Waals surface area contributed by atoms with Gasteiger partial charge in [0.2, 0.25) is 10.0 Å². The summed E-state index contributed by atoms with van der Waals surface area (Å²) >= 11 is 0. The van der Waals surface area contributed by atoms with Crippen LogP contribution >= 0.6 is 0 Å². The van der Waals surface area contributed by atoms with Crippen LogP contribution in [0.1, 0.15) is 38.8 Å². The van der Waals surface area contributed by atoms with Gasteiger partial charge in [0.15, 0.2) is 0 Å². The molecular formula is C12H20N2O3S. The van der Waals surface area contributed by atoms with E-state index in [1.165, 1.54) is 12.7 Å². The predicted molar refractivity (Wildman–Crippen MR) is 68.2 cm³/mol. The molecule has 18 heavy (non-hydrogen) atoms. The standard InChI is InChI=1S/C12H20N2O3S/c1-9-4-3-5-12(10(9)2)14-18(15,16)8-11-6-7-17-13-11/h6-7,9-10,12,14H,3-5,8H2,1-2H3/t9-,10-,12-/m1/s1. The third-order valence-electron chi connectivity index (χ3n) is 3.87. The van der Waals surface area contributed by atoms with Gasteiger partial charge in [0, 0.05) is 12.1 Å². The molecule has 5 nitrogen and oxygen atoms in total. The maximum atomic E-state index is 12.0. The van der Waals surface area contributed by atoms with Gasteiger partial charge in [-0.05, 0) is 18.3 Å². The first-order valence-corrected chi connectivity index (χ1v) is 8.02. The fourth-order valence-corrected chi connectivity index (χ4v) is 3.94. The Labute approximate surface area is 108 Å². The zero-order valence-electron chi connectivity index (χ0n) is 10.8. The molecule has 1 saturated carbocycles. The lowest BCUT2D eigenvalue weighted by molar-refractivity contribution is 0.227. The summed E-state index contributed by atoms with van der Waals surface area (Å²) in [4.78, 5) is 0. The van der Waals surface area contributed by atoms with E-state index in [1.807, 2.05) is 0 Å². The molecule has 1 aromatic heterocycles. The molecule has 102 valence electrons. The van der Waals surface area contributed by atoms with Gasteiger partial charge in [-0.15, -0.1) is 0 Å². The fraction of sp³-hybridized carbons (Fsp3) is 0.750. The van der Waals surface area contributed by atoms with Crippen LogP contribution in [0.3, 0.4) is 0 Å². The van der Waals surface area contributed by atoms with Crippen molar-refractivity contribution in [1.29, 1.82) is 0 Å². The fourth-order valence-electron chi connectivity index (χ4n) is 2.53. The van der Waals surface area contributed by atoms with E-state index in [-0.39, 0.29) is 11.8 Å². The minimum absolute atomic E-state index is 0.0469. The van der Waals surface area contributed by atoms with E-state index in [2.05, 4.69) is 28.2 Å². The molecule has 0 aliphatic heterocycles. The van der Waals surface area contributed by atoms with Gasteiger partial charge in [0.05, 0.1) is 5.69 Å². The molecule has 0 aromatic carbocycles. The zero-order chi connectivity index (χ0) is 13.2. The highest BCUT2D eigenvalue weighted by Gasteiger charge is 2.30. The number of aromatic nitrogens is 1. The van der Waals surface area contributed by atoms with Gasteiger partial charge >= 0.3 is 0 Å². The largest absolute Gasteiger partial charge is 0.364 e. The highest BCUT2D eigenvalue weighted by molar-refractivity contribution is 7.88. The number of hydrogen-bond donors (Lipinski definition) is 1. The van der Waals surface area contributed by atoms with Crippen molar-refractivity contribution in [2.45, 2.75) is 44.9 Å². The summed E-state index contributed by atoms with van der Waals surface area (Å²) in [5.74, 6) is 0.838. The van der Waals surface area contributed by atoms with Crippen LogP contribution in [-0.4, -0.2) is 19.6 Å². The first-order valence-electron chi connectivity index (χ1n) is 6.37. The maximum Gasteiger partial charge on any atom is 0.217 e. The van der Waals surface area contributed by atoms with Crippen LogP contribution in [0.5, 0.6) is 0 Å². The van der Waals surface area contributed by atoms with Crippen molar-refractivity contribution in [2.24, 2.45) is 11.8 Å². The Balaban J connectivity index is 1.99. The molecular weight excluding hydrogens is 252 g/mol. The Morgan fingerprint density at radius 1 is 1.44 bits per heavy atom. The summed E-state index contributed by atoms with van der Waals surface area (Å²) in [5.41, 5.74) is 0.444. The zero-order valence-corrected chi connectivity index (χ0v) is 11.6. The molecule has 1 aliphatic rings. The molecule has 1 aromatic rings. The van der Waals surface area contributed by atoms with E-state index >= 15 is 0 Å². The number of hydrogen-bond acceptors (Lipinski definition) is 4. The van der Waals surface area contributed by atoms with Crippen molar-refractivity contribution in [3.63, 3.8) is 0 Å². The monoisotopic (exact) mass is 272 g/mol. The van der Waals surface area contributed by atoms with Gasteiger partial charge in [-0.25, -0.2) is 13.1 Å². The van der Waals surface area contributed by atoms with Gasteiger partial charge in [0.1, 0.15) is 12.0 Å². The third-order valence-corrected chi connectivity index (χ3v) is 5.20. The number of rotatable bonds is 4. The van der Waals surface area contributed by atoms with Gasteiger partial charge in [-0.3, -0.25) is 0 Å². The SMILES string of the molecule is C[C@@H]1[C@H](C)CCC[C@H]1NS(=O)(=O)Cc1ccon1. The Morgan fingerprint density at radius 3 is 2.89 bits per heavy atom. The molecule has 2 rings (SSSR count). The van der Waals surface area contributed by atoms with E-state index < -0.39 is 10.0 Å². The van der Waals surface area contributed by atoms with E-state index in [0.717, 1.165) is 12.8 Å². The molecule has 1 heterocycles. The average Bonchev–Trinajstić information content (AvgIpc) is 2.76. The van der Waals surface area contributed by atoms with Crippen LogP contribution in [0.15, 0.2) is 16.9 Å². The molecule has 0 spiro atoms. The minimum Gasteiger partial charge on any atom is -0.364 e. The van der Waals surface area contributed by atoms with E-state index in [4.69, 9.17) is 0 Å². The molecule has 1 N–H and O–H groups in total. The quantitative estimate of drug-likeness (QED) is 0.909. The van der Waals surface area contributed by atoms with Crippen molar-refractivity contribution in [1.82, 2.24) is 9.88 Å². The molecule has 0 amide bonds. The van der Waals surface area contributed by atoms with Crippen molar-refractivity contribution in [3.05, 3.63) is 18.0 Å². The van der Waals surface area contributed by atoms with Crippen LogP contribution in [0, 0.1) is 11.8 Å². The molecule has 0 radical (unpaired) electrons. The molecule has 3 atom stereocenters. The molecule has 6 heteroatoms. The molecule has 0 saturated heterocycles. The van der Waals surface area contributed by atoms with E-state index in [9.17, 15) is 8.42 Å². The Hall–Kier alpha value is -0.880. The molecule has 0 unspecified atom stereocenters. The lowest BCUT2D eigenvalue weighted by Gasteiger charge is -2.34. The first kappa shape index (κ1) is 13.5. The van der Waals surface area contributed by atoms with Crippen LogP contribution < -0.4 is 4.72 Å². The summed E-state index contributed by atoms with van der Waals surface area (Å²) in [6.07, 6.45) is 4.57. The highest BCUT2D eigenvalue weighted by Crippen LogP contribution is 2.30. The Morgan fingerprint density at radius 2 is 2.22 bits per heavy atom. The highest BCUT2D eigenvalue weighted by atomic mass is 32.2. The second-order valence-electron chi connectivity index (χ2n) is 5.24. The maximum absolute atomic E-state index is 12.0. The molecule has 1 aliphatic carbocycles. The van der Waals surface area contributed by atoms with Crippen molar-refractivity contribution in [2.75, 3.05) is 0 Å². The normalized spacial score (nSPS) is 29.3. The van der Waals surface area contributed by atoms with Crippen molar-refractivity contribution in [3.8, 4) is 0 Å². The van der Waals surface area contributed by atoms with Crippen LogP contribution in [0.4, 0.5) is 0 Å². The summed E-state index contributed by atoms with van der Waals surface area (Å²) in [6.45, 7) is 4.30. The summed E-state index contributed by atoms with van der Waals surface area (Å²) < 4.78 is 31.5. The average molecular weight is 272 g/mol. The van der Waals surface area contributed by atoms with E-state index in [1.54, 1.807) is 6.07 Å². The molecule has 0 bridgehead atoms. The lowest BCUT2D eigenvalue weighted by atomic mass is 9.78. The van der Waals surface area contributed by atoms with Crippen LogP contribution in [0.2, 0.25) is 0 Å².